The van der Waals surface area contributed by atoms with Gasteiger partial charge in [-0.1, -0.05) is 0 Å². The number of nitrogens with one attached hydrogen (secondary N) is 1. The summed E-state index contributed by atoms with van der Waals surface area (Å²) in [6, 6.07) is 0. The van der Waals surface area contributed by atoms with Crippen LogP contribution in [-0.4, -0.2) is 47.8 Å². The first kappa shape index (κ1) is 18.0. The quantitative estimate of drug-likeness (QED) is 0.339. The molecule has 12 nitrogen and oxygen atoms in total. The summed E-state index contributed by atoms with van der Waals surface area (Å²) in [5.41, 5.74) is -0.614. The van der Waals surface area contributed by atoms with Crippen LogP contribution in [0, 0.1) is 0 Å². The summed E-state index contributed by atoms with van der Waals surface area (Å²) >= 11 is 0. The van der Waals surface area contributed by atoms with Gasteiger partial charge in [-0.2, -0.15) is 0 Å². The third-order valence-electron chi connectivity index (χ3n) is 4.09. The molecule has 1 saturated heterocycles. The molecule has 0 saturated carbocycles. The Balaban J connectivity index is 1.94. The van der Waals surface area contributed by atoms with Gasteiger partial charge in [0.25, 0.3) is 5.65 Å². The summed E-state index contributed by atoms with van der Waals surface area (Å²) in [7, 11) is -1.71. The van der Waals surface area contributed by atoms with Gasteiger partial charge in [0.2, 0.25) is 5.52 Å². The molecule has 3 rings (SSSR count). The highest BCUT2D eigenvalue weighted by Crippen LogP contribution is 2.37. The minimum absolute atomic E-state index is 0.0935. The Kier molecular flexibility index (Phi) is 4.43. The molecule has 0 spiro atoms. The Morgan fingerprint density at radius 1 is 1.44 bits per heavy atom. The molecule has 0 aliphatic carbocycles. The molecule has 1 aliphatic rings. The molecule has 0 radical (unpaired) electrons. The van der Waals surface area contributed by atoms with E-state index in [1.54, 1.807) is 7.05 Å². The Hall–Kier alpha value is -1.82. The number of aliphatic hydroxyl groups is 1. The lowest BCUT2D eigenvalue weighted by Gasteiger charge is -2.14. The summed E-state index contributed by atoms with van der Waals surface area (Å²) in [6.45, 7) is -0.494. The number of aryl methyl sites for hydroxylation is 1. The summed E-state index contributed by atoms with van der Waals surface area (Å²) in [4.78, 5) is 44.2. The van der Waals surface area contributed by atoms with Crippen LogP contribution < -0.4 is 15.8 Å². The van der Waals surface area contributed by atoms with Gasteiger partial charge >= 0.3 is 19.1 Å². The first-order valence-electron chi connectivity index (χ1n) is 7.31. The van der Waals surface area contributed by atoms with E-state index in [2.05, 4.69) is 9.51 Å². The number of phosphoric acid groups is 1. The maximum Gasteiger partial charge on any atom is 0.469 e. The van der Waals surface area contributed by atoms with E-state index in [0.29, 0.717) is 0 Å². The van der Waals surface area contributed by atoms with Crippen LogP contribution in [0.3, 0.4) is 0 Å². The van der Waals surface area contributed by atoms with Crippen LogP contribution >= 0.6 is 7.82 Å². The van der Waals surface area contributed by atoms with Crippen molar-refractivity contribution in [2.24, 2.45) is 14.1 Å². The minimum Gasteiger partial charge on any atom is -0.390 e. The number of phosphoric ester groups is 1. The van der Waals surface area contributed by atoms with Crippen molar-refractivity contribution in [3.8, 4) is 0 Å². The second-order valence-corrected chi connectivity index (χ2v) is 7.08. The third kappa shape index (κ3) is 3.32. The molecular formula is C12H18N4O8P+. The highest BCUT2D eigenvalue weighted by atomic mass is 31.2. The van der Waals surface area contributed by atoms with Gasteiger partial charge in [-0.25, -0.2) is 23.5 Å². The third-order valence-corrected chi connectivity index (χ3v) is 4.58. The molecule has 138 valence electrons. The predicted octanol–water partition coefficient (Wildman–Crippen LogP) is -2.39. The normalized spacial score (nSPS) is 24.3. The molecule has 3 atom stereocenters. The zero-order chi connectivity index (χ0) is 18.5. The average Bonchev–Trinajstić information content (AvgIpc) is 3.02. The van der Waals surface area contributed by atoms with Crippen molar-refractivity contribution in [1.82, 2.24) is 14.1 Å². The zero-order valence-electron chi connectivity index (χ0n) is 13.4. The molecule has 0 amide bonds. The Morgan fingerprint density at radius 3 is 2.76 bits per heavy atom. The lowest BCUT2D eigenvalue weighted by molar-refractivity contribution is -0.739. The number of imidazole rings is 1. The Bertz CT molecular complexity index is 972. The number of H-pyrrole nitrogens is 1. The summed E-state index contributed by atoms with van der Waals surface area (Å²) in [5.74, 6) is 0. The zero-order valence-corrected chi connectivity index (χ0v) is 14.3. The van der Waals surface area contributed by atoms with Crippen LogP contribution in [0.1, 0.15) is 12.6 Å². The lowest BCUT2D eigenvalue weighted by atomic mass is 10.2. The Labute approximate surface area is 140 Å². The maximum atomic E-state index is 12.3. The number of nitrogens with zero attached hydrogens (tertiary/aromatic N) is 3. The fourth-order valence-electron chi connectivity index (χ4n) is 2.83. The number of aliphatic hydroxyl groups excluding tert-OH is 1. The van der Waals surface area contributed by atoms with Crippen LogP contribution in [0.15, 0.2) is 15.9 Å². The number of aromatic amines is 1. The second-order valence-electron chi connectivity index (χ2n) is 5.84. The molecule has 3 heterocycles. The Morgan fingerprint density at radius 2 is 2.12 bits per heavy atom. The molecule has 2 aromatic heterocycles. The van der Waals surface area contributed by atoms with E-state index < -0.39 is 44.1 Å². The van der Waals surface area contributed by atoms with Crippen molar-refractivity contribution < 1.29 is 33.3 Å². The van der Waals surface area contributed by atoms with E-state index in [-0.39, 0.29) is 17.6 Å². The van der Waals surface area contributed by atoms with Gasteiger partial charge in [0.15, 0.2) is 12.6 Å². The van der Waals surface area contributed by atoms with E-state index in [0.717, 1.165) is 4.57 Å². The molecule has 0 bridgehead atoms. The minimum atomic E-state index is -4.68. The molecule has 4 N–H and O–H groups in total. The fourth-order valence-corrected chi connectivity index (χ4v) is 3.17. The highest BCUT2D eigenvalue weighted by molar-refractivity contribution is 7.46. The summed E-state index contributed by atoms with van der Waals surface area (Å²) in [6.07, 6.45) is -1.11. The maximum absolute atomic E-state index is 12.3. The van der Waals surface area contributed by atoms with Gasteiger partial charge in [-0.3, -0.25) is 13.9 Å². The number of hydrogen-bond acceptors (Lipinski definition) is 6. The summed E-state index contributed by atoms with van der Waals surface area (Å²) in [5, 5.41) is 10.0. The van der Waals surface area contributed by atoms with Gasteiger partial charge in [0, 0.05) is 13.5 Å². The first-order valence-corrected chi connectivity index (χ1v) is 8.84. The van der Waals surface area contributed by atoms with Crippen molar-refractivity contribution in [3.63, 3.8) is 0 Å². The fraction of sp³-hybridized carbons (Fsp3) is 0.583. The van der Waals surface area contributed by atoms with E-state index in [1.165, 1.54) is 22.5 Å². The van der Waals surface area contributed by atoms with Crippen molar-refractivity contribution >= 4 is 19.0 Å². The highest BCUT2D eigenvalue weighted by Gasteiger charge is 2.39. The van der Waals surface area contributed by atoms with Crippen LogP contribution in [0.2, 0.25) is 0 Å². The molecule has 0 unspecified atom stereocenters. The van der Waals surface area contributed by atoms with Crippen molar-refractivity contribution in [2.45, 2.75) is 24.9 Å². The lowest BCUT2D eigenvalue weighted by Crippen LogP contribution is -2.42. The molecule has 2 aromatic rings. The monoisotopic (exact) mass is 377 g/mol. The van der Waals surface area contributed by atoms with Crippen LogP contribution in [-0.2, 0) is 27.9 Å². The first-order chi connectivity index (χ1) is 11.6. The smallest absolute Gasteiger partial charge is 0.390 e. The van der Waals surface area contributed by atoms with E-state index in [4.69, 9.17) is 14.5 Å². The number of ether oxygens (including phenoxy) is 1. The van der Waals surface area contributed by atoms with Gasteiger partial charge in [0.05, 0.1) is 19.8 Å². The van der Waals surface area contributed by atoms with E-state index in [9.17, 15) is 19.3 Å². The van der Waals surface area contributed by atoms with Crippen molar-refractivity contribution in [1.29, 1.82) is 0 Å². The summed E-state index contributed by atoms with van der Waals surface area (Å²) < 4.78 is 24.7. The van der Waals surface area contributed by atoms with Crippen LogP contribution in [0.5, 0.6) is 0 Å². The number of hydrogen-bond donors (Lipinski definition) is 4. The van der Waals surface area contributed by atoms with Gasteiger partial charge in [0.1, 0.15) is 6.10 Å². The largest absolute Gasteiger partial charge is 0.469 e. The molecule has 13 heteroatoms. The SMILES string of the molecule is Cn1c(=O)[nH]c2c(c1=O)n(C)c[n+]2[C@H]1C[C@H](O)[C@@H](COP(=O)(O)O)O1. The van der Waals surface area contributed by atoms with Crippen LogP contribution in [0.25, 0.3) is 11.2 Å². The van der Waals surface area contributed by atoms with Gasteiger partial charge in [-0.15, -0.1) is 0 Å². The molecule has 1 aliphatic heterocycles. The average molecular weight is 377 g/mol. The molecule has 1 fully saturated rings. The van der Waals surface area contributed by atoms with E-state index >= 15 is 0 Å². The number of rotatable bonds is 4. The molecule has 25 heavy (non-hydrogen) atoms. The predicted molar refractivity (Wildman–Crippen MR) is 81.5 cm³/mol. The van der Waals surface area contributed by atoms with Gasteiger partial charge < -0.3 is 19.6 Å². The number of aromatic nitrogens is 4. The topological polar surface area (TPSA) is 160 Å². The van der Waals surface area contributed by atoms with Crippen LogP contribution in [0.4, 0.5) is 0 Å². The van der Waals surface area contributed by atoms with Crippen molar-refractivity contribution in [2.75, 3.05) is 6.61 Å². The molecular weight excluding hydrogens is 359 g/mol. The van der Waals surface area contributed by atoms with Crippen molar-refractivity contribution in [3.05, 3.63) is 27.2 Å². The number of fused-ring (bicyclic) bond motifs is 1. The molecule has 0 aromatic carbocycles. The van der Waals surface area contributed by atoms with E-state index in [1.807, 2.05) is 0 Å². The van der Waals surface area contributed by atoms with Gasteiger partial charge in [-0.05, 0) is 0 Å². The standard InChI is InChI=1S/C12H17N4O8P/c1-14-5-16(10-9(14)11(18)15(2)12(19)13-10)8-3-6(17)7(24-8)4-23-25(20,21)22/h5-8,17H,3-4H2,1-2H3,(H2-,13,18,19,20,21,22)/p+1/t6-,7+,8+/m0/s1. The second kappa shape index (κ2) is 6.16.